The molecule has 0 saturated carbocycles. The van der Waals surface area contributed by atoms with E-state index in [0.717, 1.165) is 13.1 Å². The summed E-state index contributed by atoms with van der Waals surface area (Å²) in [6, 6.07) is 11.2. The van der Waals surface area contributed by atoms with E-state index in [1.165, 1.54) is 5.56 Å². The summed E-state index contributed by atoms with van der Waals surface area (Å²) in [6.07, 6.45) is 1.92. The van der Waals surface area contributed by atoms with Crippen LogP contribution in [0.25, 0.3) is 0 Å². The molecule has 6 heteroatoms. The van der Waals surface area contributed by atoms with Crippen LogP contribution in [0.4, 0.5) is 0 Å². The quantitative estimate of drug-likeness (QED) is 0.453. The van der Waals surface area contributed by atoms with Crippen molar-refractivity contribution in [1.82, 2.24) is 10.6 Å². The molecule has 1 aromatic rings. The highest BCUT2D eigenvalue weighted by atomic mass is 28.4. The van der Waals surface area contributed by atoms with Crippen molar-refractivity contribution in [3.05, 3.63) is 48.6 Å². The van der Waals surface area contributed by atoms with Gasteiger partial charge in [0.1, 0.15) is 0 Å². The number of hydrogen-bond acceptors (Lipinski definition) is 5. The topological polar surface area (TPSA) is 51.8 Å². The number of likely N-dealkylation sites (N-methyl/N-ethyl adjacent to an activating group) is 1. The summed E-state index contributed by atoms with van der Waals surface area (Å²) < 4.78 is 16.7. The highest BCUT2D eigenvalue weighted by Crippen LogP contribution is 2.19. The second-order valence-electron chi connectivity index (χ2n) is 5.29. The van der Waals surface area contributed by atoms with Gasteiger partial charge < -0.3 is 23.9 Å². The zero-order chi connectivity index (χ0) is 17.1. The molecular weight excluding hydrogens is 308 g/mol. The first-order valence-electron chi connectivity index (χ1n) is 7.94. The average molecular weight is 339 g/mol. The van der Waals surface area contributed by atoms with Crippen LogP contribution in [0.5, 0.6) is 0 Å². The summed E-state index contributed by atoms with van der Waals surface area (Å²) in [4.78, 5) is 0. The minimum atomic E-state index is -2.65. The van der Waals surface area contributed by atoms with Crippen LogP contribution >= 0.6 is 0 Å². The molecule has 0 radical (unpaired) electrons. The van der Waals surface area contributed by atoms with Crippen molar-refractivity contribution in [2.45, 2.75) is 25.1 Å². The molecule has 1 rings (SSSR count). The van der Waals surface area contributed by atoms with Crippen LogP contribution in [0.2, 0.25) is 6.04 Å². The summed E-state index contributed by atoms with van der Waals surface area (Å²) in [6.45, 7) is 7.76. The Bertz CT molecular complexity index is 432. The lowest BCUT2D eigenvalue weighted by Gasteiger charge is -2.31. The van der Waals surface area contributed by atoms with Crippen molar-refractivity contribution in [1.29, 1.82) is 0 Å². The predicted octanol–water partition coefficient (Wildman–Crippen LogP) is 2.36. The Morgan fingerprint density at radius 2 is 1.74 bits per heavy atom. The van der Waals surface area contributed by atoms with Gasteiger partial charge in [-0.1, -0.05) is 43.3 Å². The van der Waals surface area contributed by atoms with Crippen LogP contribution in [-0.2, 0) is 13.3 Å². The molecule has 0 spiro atoms. The molecule has 0 fully saturated rings. The Labute approximate surface area is 141 Å². The molecule has 2 atom stereocenters. The summed E-state index contributed by atoms with van der Waals surface area (Å²) in [5.74, 6) is 0. The van der Waals surface area contributed by atoms with Crippen LogP contribution in [0, 0.1) is 0 Å². The average Bonchev–Trinajstić information content (AvgIpc) is 2.62. The van der Waals surface area contributed by atoms with E-state index in [4.69, 9.17) is 13.3 Å². The summed E-state index contributed by atoms with van der Waals surface area (Å²) in [5.41, 5.74) is 1.18. The van der Waals surface area contributed by atoms with Crippen molar-refractivity contribution in [2.24, 2.45) is 0 Å². The van der Waals surface area contributed by atoms with Crippen molar-refractivity contribution in [2.75, 3.05) is 34.4 Å². The SMILES string of the molecule is C=CC(NC(CNCC)C[Si](OC)(OC)OC)c1ccccc1. The van der Waals surface area contributed by atoms with Gasteiger partial charge in [-0.15, -0.1) is 6.58 Å². The molecule has 0 saturated heterocycles. The zero-order valence-corrected chi connectivity index (χ0v) is 15.7. The third-order valence-corrected chi connectivity index (χ3v) is 6.74. The summed E-state index contributed by atoms with van der Waals surface area (Å²) in [5, 5.41) is 7.01. The minimum Gasteiger partial charge on any atom is -0.377 e. The standard InChI is InChI=1S/C17H30N2O3Si/c1-6-17(15-11-9-8-10-12-15)19-16(13-18-7-2)14-23(20-3,21-4)22-5/h6,8-12,16-19H,1,7,13-14H2,2-5H3. The third-order valence-electron chi connectivity index (χ3n) is 3.88. The molecule has 0 aromatic heterocycles. The second-order valence-corrected chi connectivity index (χ2v) is 8.29. The Balaban J connectivity index is 2.86. The van der Waals surface area contributed by atoms with Crippen LogP contribution in [0.1, 0.15) is 18.5 Å². The van der Waals surface area contributed by atoms with Gasteiger partial charge in [-0.3, -0.25) is 0 Å². The first-order valence-corrected chi connectivity index (χ1v) is 9.87. The van der Waals surface area contributed by atoms with Gasteiger partial charge in [-0.25, -0.2) is 0 Å². The van der Waals surface area contributed by atoms with Crippen molar-refractivity contribution >= 4 is 8.80 Å². The van der Waals surface area contributed by atoms with Crippen LogP contribution in [-0.4, -0.2) is 49.3 Å². The van der Waals surface area contributed by atoms with E-state index in [2.05, 4.69) is 36.3 Å². The van der Waals surface area contributed by atoms with Crippen molar-refractivity contribution in [3.63, 3.8) is 0 Å². The smallest absolute Gasteiger partial charge is 0.377 e. The fourth-order valence-corrected chi connectivity index (χ4v) is 4.39. The lowest BCUT2D eigenvalue weighted by Crippen LogP contribution is -2.51. The van der Waals surface area contributed by atoms with E-state index in [0.29, 0.717) is 6.04 Å². The molecule has 130 valence electrons. The third kappa shape index (κ3) is 6.17. The lowest BCUT2D eigenvalue weighted by molar-refractivity contribution is 0.119. The van der Waals surface area contributed by atoms with Crippen molar-refractivity contribution in [3.8, 4) is 0 Å². The second kappa shape index (κ2) is 10.7. The molecule has 0 heterocycles. The van der Waals surface area contributed by atoms with E-state index in [1.54, 1.807) is 21.3 Å². The fraction of sp³-hybridized carbons (Fsp3) is 0.529. The first kappa shape index (κ1) is 20.0. The van der Waals surface area contributed by atoms with Crippen LogP contribution in [0.15, 0.2) is 43.0 Å². The van der Waals surface area contributed by atoms with E-state index in [-0.39, 0.29) is 12.1 Å². The van der Waals surface area contributed by atoms with E-state index < -0.39 is 8.80 Å². The zero-order valence-electron chi connectivity index (χ0n) is 14.7. The largest absolute Gasteiger partial charge is 0.501 e. The van der Waals surface area contributed by atoms with Crippen molar-refractivity contribution < 1.29 is 13.3 Å². The number of rotatable bonds is 12. The molecule has 0 amide bonds. The van der Waals surface area contributed by atoms with Crippen LogP contribution < -0.4 is 10.6 Å². The van der Waals surface area contributed by atoms with Gasteiger partial charge in [-0.05, 0) is 12.1 Å². The van der Waals surface area contributed by atoms with Gasteiger partial charge in [0.25, 0.3) is 0 Å². The number of nitrogens with one attached hydrogen (secondary N) is 2. The molecule has 23 heavy (non-hydrogen) atoms. The minimum absolute atomic E-state index is 0.0668. The van der Waals surface area contributed by atoms with Gasteiger partial charge in [0.15, 0.2) is 0 Å². The summed E-state index contributed by atoms with van der Waals surface area (Å²) >= 11 is 0. The van der Waals surface area contributed by atoms with Crippen LogP contribution in [0.3, 0.4) is 0 Å². The van der Waals surface area contributed by atoms with Gasteiger partial charge in [-0.2, -0.15) is 0 Å². The van der Waals surface area contributed by atoms with E-state index in [9.17, 15) is 0 Å². The normalized spacial score (nSPS) is 14.4. The maximum atomic E-state index is 5.57. The monoisotopic (exact) mass is 338 g/mol. The molecule has 1 aromatic carbocycles. The predicted molar refractivity (Wildman–Crippen MR) is 96.4 cm³/mol. The lowest BCUT2D eigenvalue weighted by atomic mass is 10.1. The number of benzene rings is 1. The molecule has 2 unspecified atom stereocenters. The van der Waals surface area contributed by atoms with Gasteiger partial charge in [0.2, 0.25) is 0 Å². The van der Waals surface area contributed by atoms with Gasteiger partial charge in [0, 0.05) is 40.0 Å². The molecule has 2 N–H and O–H groups in total. The highest BCUT2D eigenvalue weighted by molar-refractivity contribution is 6.60. The molecule has 0 aliphatic rings. The van der Waals surface area contributed by atoms with Gasteiger partial charge in [0.05, 0.1) is 6.04 Å². The Hall–Kier alpha value is -1.02. The molecule has 5 nitrogen and oxygen atoms in total. The maximum Gasteiger partial charge on any atom is 0.501 e. The highest BCUT2D eigenvalue weighted by Gasteiger charge is 2.40. The Kier molecular flexibility index (Phi) is 9.31. The fourth-order valence-electron chi connectivity index (χ4n) is 2.53. The Morgan fingerprint density at radius 1 is 1.13 bits per heavy atom. The Morgan fingerprint density at radius 3 is 2.22 bits per heavy atom. The molecular formula is C17H30N2O3Si. The first-order chi connectivity index (χ1) is 11.1. The summed E-state index contributed by atoms with van der Waals surface area (Å²) in [7, 11) is 2.29. The molecule has 0 bridgehead atoms. The van der Waals surface area contributed by atoms with Gasteiger partial charge >= 0.3 is 8.80 Å². The maximum absolute atomic E-state index is 5.57. The van der Waals surface area contributed by atoms with E-state index in [1.807, 2.05) is 24.3 Å². The number of hydrogen-bond donors (Lipinski definition) is 2. The molecule has 0 aliphatic heterocycles. The van der Waals surface area contributed by atoms with E-state index >= 15 is 0 Å². The molecule has 0 aliphatic carbocycles.